The zero-order chi connectivity index (χ0) is 22.6. The second-order valence-corrected chi connectivity index (χ2v) is 9.25. The van der Waals surface area contributed by atoms with E-state index in [4.69, 9.17) is 16.6 Å². The number of benzene rings is 5. The standard InChI is InChI=1S/C31H21ClN2/c32-30-25(23-19-18-21-17-16-20-10-6-11-24(23)29(20)21)12-7-15-28(30)34-27-14-5-4-13-26(27)33-31(34)22-8-2-1-3-9-22/h1-15,18-19H,16-17H2. The average Bonchev–Trinajstić information content (AvgIpc) is 3.48. The van der Waals surface area contributed by atoms with Gasteiger partial charge in [-0.1, -0.05) is 96.5 Å². The highest BCUT2D eigenvalue weighted by Gasteiger charge is 2.21. The molecule has 0 fully saturated rings. The van der Waals surface area contributed by atoms with Gasteiger partial charge < -0.3 is 0 Å². The molecule has 1 heterocycles. The maximum atomic E-state index is 7.24. The fourth-order valence-electron chi connectivity index (χ4n) is 5.43. The number of para-hydroxylation sites is 2. The summed E-state index contributed by atoms with van der Waals surface area (Å²) in [5, 5.41) is 3.42. The quantitative estimate of drug-likeness (QED) is 0.262. The molecular weight excluding hydrogens is 436 g/mol. The molecule has 1 aliphatic carbocycles. The van der Waals surface area contributed by atoms with E-state index in [1.165, 1.54) is 27.5 Å². The lowest BCUT2D eigenvalue weighted by Crippen LogP contribution is -1.99. The SMILES string of the molecule is Clc1c(-c2ccc3c4c(cccc24)CC3)cccc1-n1c(-c2ccccc2)nc2ccccc21. The third-order valence-corrected chi connectivity index (χ3v) is 7.38. The van der Waals surface area contributed by atoms with E-state index in [0.717, 1.165) is 51.5 Å². The summed E-state index contributed by atoms with van der Waals surface area (Å²) in [5.74, 6) is 0.890. The lowest BCUT2D eigenvalue weighted by molar-refractivity contribution is 1.02. The number of fused-ring (bicyclic) bond motifs is 1. The van der Waals surface area contributed by atoms with E-state index in [1.54, 1.807) is 0 Å². The first-order valence-electron chi connectivity index (χ1n) is 11.7. The van der Waals surface area contributed by atoms with Gasteiger partial charge in [0.1, 0.15) is 5.82 Å². The Morgan fingerprint density at radius 2 is 1.41 bits per heavy atom. The molecule has 3 heteroatoms. The van der Waals surface area contributed by atoms with Crippen LogP contribution in [-0.2, 0) is 12.8 Å². The number of nitrogens with zero attached hydrogens (tertiary/aromatic N) is 2. The van der Waals surface area contributed by atoms with Crippen molar-refractivity contribution < 1.29 is 0 Å². The zero-order valence-electron chi connectivity index (χ0n) is 18.5. The van der Waals surface area contributed by atoms with Crippen molar-refractivity contribution in [1.29, 1.82) is 0 Å². The maximum absolute atomic E-state index is 7.24. The van der Waals surface area contributed by atoms with Gasteiger partial charge in [0.15, 0.2) is 0 Å². The van der Waals surface area contributed by atoms with Crippen LogP contribution in [0.1, 0.15) is 11.1 Å². The Morgan fingerprint density at radius 1 is 0.647 bits per heavy atom. The van der Waals surface area contributed by atoms with E-state index >= 15 is 0 Å². The van der Waals surface area contributed by atoms with Gasteiger partial charge in [0.2, 0.25) is 0 Å². The third kappa shape index (κ3) is 2.85. The minimum Gasteiger partial charge on any atom is -0.291 e. The fourth-order valence-corrected chi connectivity index (χ4v) is 5.75. The maximum Gasteiger partial charge on any atom is 0.145 e. The molecule has 7 rings (SSSR count). The van der Waals surface area contributed by atoms with Crippen LogP contribution in [-0.4, -0.2) is 9.55 Å². The van der Waals surface area contributed by atoms with Crippen molar-refractivity contribution in [1.82, 2.24) is 9.55 Å². The van der Waals surface area contributed by atoms with Gasteiger partial charge >= 0.3 is 0 Å². The summed E-state index contributed by atoms with van der Waals surface area (Å²) in [5.41, 5.74) is 9.10. The van der Waals surface area contributed by atoms with Crippen molar-refractivity contribution >= 4 is 33.4 Å². The summed E-state index contributed by atoms with van der Waals surface area (Å²) in [6.07, 6.45) is 2.23. The molecular formula is C31H21ClN2. The highest BCUT2D eigenvalue weighted by atomic mass is 35.5. The molecule has 0 saturated heterocycles. The van der Waals surface area contributed by atoms with Gasteiger partial charge in [0, 0.05) is 11.1 Å². The van der Waals surface area contributed by atoms with Crippen LogP contribution in [0.2, 0.25) is 5.02 Å². The van der Waals surface area contributed by atoms with Crippen molar-refractivity contribution in [2.24, 2.45) is 0 Å². The molecule has 1 aliphatic rings. The van der Waals surface area contributed by atoms with Crippen molar-refractivity contribution in [2.45, 2.75) is 12.8 Å². The second-order valence-electron chi connectivity index (χ2n) is 8.88. The minimum absolute atomic E-state index is 0.738. The number of imidazole rings is 1. The Hall–Kier alpha value is -3.88. The number of hydrogen-bond donors (Lipinski definition) is 0. The summed E-state index contributed by atoms with van der Waals surface area (Å²) >= 11 is 7.24. The Labute approximate surface area is 203 Å². The smallest absolute Gasteiger partial charge is 0.145 e. The van der Waals surface area contributed by atoms with Gasteiger partial charge in [-0.3, -0.25) is 4.57 Å². The Balaban J connectivity index is 1.51. The predicted octanol–water partition coefficient (Wildman–Crippen LogP) is 8.26. The molecule has 0 atom stereocenters. The Morgan fingerprint density at radius 3 is 2.29 bits per heavy atom. The van der Waals surface area contributed by atoms with Gasteiger partial charge in [-0.2, -0.15) is 0 Å². The molecule has 34 heavy (non-hydrogen) atoms. The topological polar surface area (TPSA) is 17.8 Å². The number of halogens is 1. The molecule has 0 unspecified atom stereocenters. The van der Waals surface area contributed by atoms with E-state index < -0.39 is 0 Å². The normalized spacial score (nSPS) is 12.6. The van der Waals surface area contributed by atoms with Crippen molar-refractivity contribution in [3.8, 4) is 28.2 Å². The summed E-state index contributed by atoms with van der Waals surface area (Å²) in [6, 6.07) is 36.0. The first-order valence-corrected chi connectivity index (χ1v) is 12.0. The van der Waals surface area contributed by atoms with Crippen LogP contribution < -0.4 is 0 Å². The third-order valence-electron chi connectivity index (χ3n) is 6.98. The van der Waals surface area contributed by atoms with Crippen molar-refractivity contribution in [3.63, 3.8) is 0 Å². The van der Waals surface area contributed by atoms with Crippen LogP contribution in [0.5, 0.6) is 0 Å². The monoisotopic (exact) mass is 456 g/mol. The first-order chi connectivity index (χ1) is 16.8. The summed E-state index contributed by atoms with van der Waals surface area (Å²) < 4.78 is 2.19. The van der Waals surface area contributed by atoms with Crippen LogP contribution >= 0.6 is 11.6 Å². The summed E-state index contributed by atoms with van der Waals surface area (Å²) in [6.45, 7) is 0. The van der Waals surface area contributed by atoms with Gasteiger partial charge in [0.25, 0.3) is 0 Å². The van der Waals surface area contributed by atoms with Crippen LogP contribution in [0.25, 0.3) is 50.0 Å². The van der Waals surface area contributed by atoms with E-state index in [1.807, 2.05) is 24.3 Å². The number of hydrogen-bond acceptors (Lipinski definition) is 1. The van der Waals surface area contributed by atoms with E-state index in [-0.39, 0.29) is 0 Å². The molecule has 0 amide bonds. The second kappa shape index (κ2) is 7.58. The van der Waals surface area contributed by atoms with Crippen LogP contribution in [0, 0.1) is 0 Å². The lowest BCUT2D eigenvalue weighted by atomic mass is 9.95. The molecule has 0 radical (unpaired) electrons. The predicted molar refractivity (Wildman–Crippen MR) is 142 cm³/mol. The largest absolute Gasteiger partial charge is 0.291 e. The molecule has 0 spiro atoms. The molecule has 0 aliphatic heterocycles. The summed E-state index contributed by atoms with van der Waals surface area (Å²) in [4.78, 5) is 4.99. The molecule has 1 aromatic heterocycles. The lowest BCUT2D eigenvalue weighted by Gasteiger charge is -2.16. The Bertz CT molecular complexity index is 1700. The highest BCUT2D eigenvalue weighted by molar-refractivity contribution is 6.35. The van der Waals surface area contributed by atoms with Crippen LogP contribution in [0.4, 0.5) is 0 Å². The van der Waals surface area contributed by atoms with Gasteiger partial charge in [-0.25, -0.2) is 4.98 Å². The van der Waals surface area contributed by atoms with Gasteiger partial charge in [-0.05, 0) is 58.5 Å². The van der Waals surface area contributed by atoms with Crippen molar-refractivity contribution in [2.75, 3.05) is 0 Å². The average molecular weight is 457 g/mol. The molecule has 6 aromatic rings. The molecule has 0 N–H and O–H groups in total. The van der Waals surface area contributed by atoms with Gasteiger partial charge in [0.05, 0.1) is 21.7 Å². The molecule has 5 aromatic carbocycles. The Kier molecular flexibility index (Phi) is 4.36. The highest BCUT2D eigenvalue weighted by Crippen LogP contribution is 2.42. The fraction of sp³-hybridized carbons (Fsp3) is 0.0645. The molecule has 0 bridgehead atoms. The molecule has 162 valence electrons. The number of aryl methyl sites for hydroxylation is 2. The van der Waals surface area contributed by atoms with Gasteiger partial charge in [-0.15, -0.1) is 0 Å². The number of rotatable bonds is 3. The first kappa shape index (κ1) is 19.6. The van der Waals surface area contributed by atoms with Crippen molar-refractivity contribution in [3.05, 3.63) is 119 Å². The molecule has 2 nitrogen and oxygen atoms in total. The van der Waals surface area contributed by atoms with Crippen LogP contribution in [0.15, 0.2) is 103 Å². The number of aromatic nitrogens is 2. The zero-order valence-corrected chi connectivity index (χ0v) is 19.3. The summed E-state index contributed by atoms with van der Waals surface area (Å²) in [7, 11) is 0. The molecule has 0 saturated carbocycles. The van der Waals surface area contributed by atoms with E-state index in [9.17, 15) is 0 Å². The van der Waals surface area contributed by atoms with E-state index in [2.05, 4.69) is 83.4 Å². The van der Waals surface area contributed by atoms with E-state index in [0.29, 0.717) is 0 Å². The van der Waals surface area contributed by atoms with Crippen LogP contribution in [0.3, 0.4) is 0 Å². The minimum atomic E-state index is 0.738.